The van der Waals surface area contributed by atoms with Gasteiger partial charge in [-0.3, -0.25) is 19.7 Å². The molecule has 2 heterocycles. The second-order valence-electron chi connectivity index (χ2n) is 10.2. The molecule has 0 unspecified atom stereocenters. The second kappa shape index (κ2) is 9.05. The number of ketones is 1. The Hall–Kier alpha value is -3.72. The van der Waals surface area contributed by atoms with Crippen molar-refractivity contribution in [1.82, 2.24) is 9.97 Å². The quantitative estimate of drug-likeness (QED) is 0.205. The average molecular weight is 503 g/mol. The molecule has 36 heavy (non-hydrogen) atoms. The number of benzene rings is 2. The van der Waals surface area contributed by atoms with Crippen LogP contribution in [0.2, 0.25) is 0 Å². The largest absolute Gasteiger partial charge is 0.343 e. The lowest BCUT2D eigenvalue weighted by Gasteiger charge is -2.38. The number of aryl methyl sites for hydroxylation is 1. The lowest BCUT2D eigenvalue weighted by molar-refractivity contribution is -0.384. The minimum atomic E-state index is -0.493. The van der Waals surface area contributed by atoms with Gasteiger partial charge in [0.1, 0.15) is 5.82 Å². The maximum absolute atomic E-state index is 13.4. The molecule has 0 bridgehead atoms. The van der Waals surface area contributed by atoms with Gasteiger partial charge < -0.3 is 10.3 Å². The molecule has 184 valence electrons. The highest BCUT2D eigenvalue weighted by atomic mass is 32.2. The standard InChI is InChI=1S/C27H26N4O4S/c1-15-7-9-17(10-8-15)21-22-19(12-27(2,3)13-20(22)32)28-24-23(21)25(33)30-26(29-24)36-14-16-5-4-6-18(11-16)31(34)35/h4-11,21H,12-14H2,1-3H3,(H2,28,29,30,33)/t21-/m1/s1. The Kier molecular flexibility index (Phi) is 6.04. The molecule has 0 spiro atoms. The van der Waals surface area contributed by atoms with Crippen molar-refractivity contribution in [3.8, 4) is 0 Å². The summed E-state index contributed by atoms with van der Waals surface area (Å²) in [6.07, 6.45) is 1.11. The van der Waals surface area contributed by atoms with Crippen molar-refractivity contribution in [1.29, 1.82) is 0 Å². The van der Waals surface area contributed by atoms with E-state index in [1.165, 1.54) is 23.9 Å². The van der Waals surface area contributed by atoms with Gasteiger partial charge in [-0.05, 0) is 29.9 Å². The van der Waals surface area contributed by atoms with E-state index >= 15 is 0 Å². The lowest BCUT2D eigenvalue weighted by atomic mass is 9.69. The van der Waals surface area contributed by atoms with Crippen molar-refractivity contribution in [2.75, 3.05) is 5.32 Å². The minimum absolute atomic E-state index is 0.0200. The first-order valence-corrected chi connectivity index (χ1v) is 12.7. The molecule has 0 fully saturated rings. The van der Waals surface area contributed by atoms with Gasteiger partial charge in [0, 0.05) is 41.5 Å². The molecule has 0 saturated heterocycles. The number of H-pyrrole nitrogens is 1. The van der Waals surface area contributed by atoms with Gasteiger partial charge in [0.15, 0.2) is 10.9 Å². The monoisotopic (exact) mass is 502 g/mol. The number of nitro groups is 1. The van der Waals surface area contributed by atoms with Gasteiger partial charge in [0.25, 0.3) is 11.2 Å². The molecule has 0 amide bonds. The van der Waals surface area contributed by atoms with Gasteiger partial charge in [-0.25, -0.2) is 4.98 Å². The van der Waals surface area contributed by atoms with E-state index in [0.717, 1.165) is 22.4 Å². The van der Waals surface area contributed by atoms with Crippen molar-refractivity contribution in [3.63, 3.8) is 0 Å². The molecule has 1 atom stereocenters. The van der Waals surface area contributed by atoms with Crippen LogP contribution in [0.3, 0.4) is 0 Å². The summed E-state index contributed by atoms with van der Waals surface area (Å²) in [5, 5.41) is 14.8. The SMILES string of the molecule is Cc1ccc([C@@H]2C3=C(CC(C)(C)CC3=O)Nc3nc(SCc4cccc([N+](=O)[O-])c4)[nH]c(=O)c32)cc1. The Morgan fingerprint density at radius 2 is 1.89 bits per heavy atom. The first-order chi connectivity index (χ1) is 17.1. The summed E-state index contributed by atoms with van der Waals surface area (Å²) in [6.45, 7) is 6.13. The molecule has 0 radical (unpaired) electrons. The molecule has 9 heteroatoms. The zero-order valence-electron chi connectivity index (χ0n) is 20.3. The fraction of sp³-hybridized carbons (Fsp3) is 0.296. The Bertz CT molecular complexity index is 1470. The molecule has 5 rings (SSSR count). The second-order valence-corrected chi connectivity index (χ2v) is 11.1. The van der Waals surface area contributed by atoms with Crippen molar-refractivity contribution in [2.24, 2.45) is 5.41 Å². The number of allylic oxidation sites excluding steroid dienone is 2. The van der Waals surface area contributed by atoms with E-state index in [-0.39, 0.29) is 22.4 Å². The number of nitro benzene ring substituents is 1. The van der Waals surface area contributed by atoms with Gasteiger partial charge in [-0.1, -0.05) is 67.6 Å². The maximum atomic E-state index is 13.4. The van der Waals surface area contributed by atoms with E-state index in [0.29, 0.717) is 40.7 Å². The number of rotatable bonds is 5. The number of fused-ring (bicyclic) bond motifs is 1. The molecule has 1 aliphatic heterocycles. The van der Waals surface area contributed by atoms with Crippen LogP contribution in [0.4, 0.5) is 11.5 Å². The molecular weight excluding hydrogens is 476 g/mol. The van der Waals surface area contributed by atoms with Gasteiger partial charge in [-0.2, -0.15) is 0 Å². The third kappa shape index (κ3) is 4.58. The van der Waals surface area contributed by atoms with E-state index in [1.54, 1.807) is 12.1 Å². The smallest absolute Gasteiger partial charge is 0.269 e. The van der Waals surface area contributed by atoms with Crippen LogP contribution in [0.5, 0.6) is 0 Å². The van der Waals surface area contributed by atoms with Gasteiger partial charge in [-0.15, -0.1) is 0 Å². The summed E-state index contributed by atoms with van der Waals surface area (Å²) in [6, 6.07) is 14.3. The Morgan fingerprint density at radius 1 is 1.14 bits per heavy atom. The van der Waals surface area contributed by atoms with Gasteiger partial charge in [0.05, 0.1) is 10.5 Å². The fourth-order valence-electron chi connectivity index (χ4n) is 4.97. The average Bonchev–Trinajstić information content (AvgIpc) is 2.81. The number of thioether (sulfide) groups is 1. The van der Waals surface area contributed by atoms with Gasteiger partial charge >= 0.3 is 0 Å². The molecule has 0 saturated carbocycles. The number of aromatic amines is 1. The summed E-state index contributed by atoms with van der Waals surface area (Å²) in [5.41, 5.74) is 4.16. The number of Topliss-reactive ketones (excluding diaryl/α,β-unsaturated/α-hetero) is 1. The molecule has 2 aliphatic rings. The lowest BCUT2D eigenvalue weighted by Crippen LogP contribution is -2.37. The summed E-state index contributed by atoms with van der Waals surface area (Å²) in [7, 11) is 0. The van der Waals surface area contributed by atoms with Crippen LogP contribution in [0.15, 0.2) is 69.8 Å². The van der Waals surface area contributed by atoms with Crippen molar-refractivity contribution >= 4 is 29.1 Å². The van der Waals surface area contributed by atoms with Crippen LogP contribution in [0.1, 0.15) is 54.9 Å². The zero-order chi connectivity index (χ0) is 25.6. The third-order valence-corrected chi connectivity index (χ3v) is 7.55. The maximum Gasteiger partial charge on any atom is 0.269 e. The number of carbonyl (C=O) groups is 1. The Labute approximate surface area is 212 Å². The van der Waals surface area contributed by atoms with Crippen molar-refractivity contribution in [2.45, 2.75) is 50.4 Å². The third-order valence-electron chi connectivity index (χ3n) is 6.61. The van der Waals surface area contributed by atoms with Crippen LogP contribution < -0.4 is 10.9 Å². The number of anilines is 1. The highest BCUT2D eigenvalue weighted by molar-refractivity contribution is 7.98. The first kappa shape index (κ1) is 24.0. The van der Waals surface area contributed by atoms with Crippen molar-refractivity contribution in [3.05, 3.63) is 103 Å². The molecule has 1 aromatic heterocycles. The van der Waals surface area contributed by atoms with Crippen LogP contribution in [0, 0.1) is 22.5 Å². The van der Waals surface area contributed by atoms with Crippen LogP contribution >= 0.6 is 11.8 Å². The summed E-state index contributed by atoms with van der Waals surface area (Å²) < 4.78 is 0. The zero-order valence-corrected chi connectivity index (χ0v) is 21.1. The van der Waals surface area contributed by atoms with E-state index in [2.05, 4.69) is 24.1 Å². The van der Waals surface area contributed by atoms with E-state index < -0.39 is 10.8 Å². The molecule has 2 aromatic carbocycles. The number of hydrogen-bond donors (Lipinski definition) is 2. The summed E-state index contributed by atoms with van der Waals surface area (Å²) >= 11 is 1.30. The topological polar surface area (TPSA) is 118 Å². The number of aromatic nitrogens is 2. The highest BCUT2D eigenvalue weighted by Crippen LogP contribution is 2.47. The Balaban J connectivity index is 1.54. The molecular formula is C27H26N4O4S. The minimum Gasteiger partial charge on any atom is -0.343 e. The molecule has 1 aliphatic carbocycles. The predicted molar refractivity (Wildman–Crippen MR) is 139 cm³/mol. The predicted octanol–water partition coefficient (Wildman–Crippen LogP) is 5.48. The normalized spacial score (nSPS) is 18.3. The molecule has 2 N–H and O–H groups in total. The van der Waals surface area contributed by atoms with Crippen LogP contribution in [-0.4, -0.2) is 20.7 Å². The molecule has 8 nitrogen and oxygen atoms in total. The number of carbonyl (C=O) groups excluding carboxylic acids is 1. The molecule has 3 aromatic rings. The van der Waals surface area contributed by atoms with E-state index in [1.807, 2.05) is 31.2 Å². The fourth-order valence-corrected chi connectivity index (χ4v) is 5.77. The Morgan fingerprint density at radius 3 is 2.61 bits per heavy atom. The van der Waals surface area contributed by atoms with E-state index in [4.69, 9.17) is 4.98 Å². The van der Waals surface area contributed by atoms with Crippen LogP contribution in [-0.2, 0) is 10.5 Å². The van der Waals surface area contributed by atoms with E-state index in [9.17, 15) is 19.7 Å². The van der Waals surface area contributed by atoms with Crippen LogP contribution in [0.25, 0.3) is 0 Å². The highest BCUT2D eigenvalue weighted by Gasteiger charge is 2.42. The first-order valence-electron chi connectivity index (χ1n) is 11.7. The number of hydrogen-bond acceptors (Lipinski definition) is 7. The number of nitrogens with zero attached hydrogens (tertiary/aromatic N) is 2. The van der Waals surface area contributed by atoms with Crippen molar-refractivity contribution < 1.29 is 9.72 Å². The summed E-state index contributed by atoms with van der Waals surface area (Å²) in [5.74, 6) is 0.417. The number of nitrogens with one attached hydrogen (secondary N) is 2. The number of non-ortho nitro benzene ring substituents is 1. The van der Waals surface area contributed by atoms with Gasteiger partial charge in [0.2, 0.25) is 0 Å². The summed E-state index contributed by atoms with van der Waals surface area (Å²) in [4.78, 5) is 45.0.